The fourth-order valence-corrected chi connectivity index (χ4v) is 2.48. The number of carbonyl (C=O) groups excluding carboxylic acids is 1. The van der Waals surface area contributed by atoms with Gasteiger partial charge in [-0.2, -0.15) is 0 Å². The Hall–Kier alpha value is -1.75. The first-order chi connectivity index (χ1) is 9.70. The minimum absolute atomic E-state index is 0.0253. The van der Waals surface area contributed by atoms with Gasteiger partial charge in [-0.25, -0.2) is 0 Å². The van der Waals surface area contributed by atoms with Crippen LogP contribution in [0.2, 0.25) is 0 Å². The van der Waals surface area contributed by atoms with E-state index in [1.807, 2.05) is 0 Å². The molecule has 1 atom stereocenters. The van der Waals surface area contributed by atoms with E-state index >= 15 is 0 Å². The average Bonchev–Trinajstić information content (AvgIpc) is 2.48. The molecule has 5 heteroatoms. The summed E-state index contributed by atoms with van der Waals surface area (Å²) in [5.41, 5.74) is 0.256. The molecule has 1 saturated heterocycles. The third-order valence-electron chi connectivity index (χ3n) is 3.69. The normalized spacial score (nSPS) is 18.6. The molecule has 1 aliphatic heterocycles. The third-order valence-corrected chi connectivity index (χ3v) is 3.69. The molecule has 3 N–H and O–H groups in total. The van der Waals surface area contributed by atoms with Gasteiger partial charge >= 0.3 is 0 Å². The van der Waals surface area contributed by atoms with E-state index in [4.69, 9.17) is 4.74 Å². The summed E-state index contributed by atoms with van der Waals surface area (Å²) in [7, 11) is 1.53. The number of phenolic OH excluding ortho intramolecular Hbond substituents is 1. The Morgan fingerprint density at radius 3 is 3.10 bits per heavy atom. The van der Waals surface area contributed by atoms with E-state index in [9.17, 15) is 9.90 Å². The molecule has 0 bridgehead atoms. The molecule has 1 aromatic carbocycles. The first kappa shape index (κ1) is 14.7. The van der Waals surface area contributed by atoms with Gasteiger partial charge in [-0.15, -0.1) is 0 Å². The second kappa shape index (κ2) is 7.14. The highest BCUT2D eigenvalue weighted by atomic mass is 16.5. The van der Waals surface area contributed by atoms with Crippen molar-refractivity contribution in [1.29, 1.82) is 0 Å². The largest absolute Gasteiger partial charge is 0.507 e. The topological polar surface area (TPSA) is 70.6 Å². The number of phenols is 1. The molecule has 0 aliphatic carbocycles. The van der Waals surface area contributed by atoms with E-state index in [1.54, 1.807) is 12.1 Å². The van der Waals surface area contributed by atoms with Crippen molar-refractivity contribution in [1.82, 2.24) is 10.6 Å². The van der Waals surface area contributed by atoms with Crippen LogP contribution in [0.15, 0.2) is 18.2 Å². The highest BCUT2D eigenvalue weighted by Crippen LogP contribution is 2.22. The van der Waals surface area contributed by atoms with Crippen molar-refractivity contribution in [2.24, 2.45) is 5.92 Å². The van der Waals surface area contributed by atoms with Crippen LogP contribution in [0.1, 0.15) is 29.6 Å². The number of amides is 1. The Morgan fingerprint density at radius 2 is 2.40 bits per heavy atom. The lowest BCUT2D eigenvalue weighted by Crippen LogP contribution is -2.33. The predicted molar refractivity (Wildman–Crippen MR) is 77.2 cm³/mol. The average molecular weight is 278 g/mol. The summed E-state index contributed by atoms with van der Waals surface area (Å²) in [6.07, 6.45) is 3.38. The van der Waals surface area contributed by atoms with Gasteiger partial charge in [0.1, 0.15) is 11.5 Å². The summed E-state index contributed by atoms with van der Waals surface area (Å²) in [6, 6.07) is 4.64. The summed E-state index contributed by atoms with van der Waals surface area (Å²) < 4.78 is 5.06. The van der Waals surface area contributed by atoms with Crippen LogP contribution in [0.5, 0.6) is 11.5 Å². The van der Waals surface area contributed by atoms with Gasteiger partial charge in [-0.3, -0.25) is 4.79 Å². The molecule has 1 amide bonds. The molecule has 20 heavy (non-hydrogen) atoms. The number of piperidine rings is 1. The lowest BCUT2D eigenvalue weighted by molar-refractivity contribution is 0.0947. The van der Waals surface area contributed by atoms with E-state index in [0.717, 1.165) is 19.5 Å². The summed E-state index contributed by atoms with van der Waals surface area (Å²) in [6.45, 7) is 2.75. The van der Waals surface area contributed by atoms with Crippen LogP contribution in [0, 0.1) is 5.92 Å². The second-order valence-corrected chi connectivity index (χ2v) is 5.14. The molecule has 2 rings (SSSR count). The molecular formula is C15H22N2O3. The molecule has 1 aromatic rings. The Morgan fingerprint density at radius 1 is 1.55 bits per heavy atom. The highest BCUT2D eigenvalue weighted by Gasteiger charge is 2.15. The van der Waals surface area contributed by atoms with Crippen molar-refractivity contribution < 1.29 is 14.6 Å². The second-order valence-electron chi connectivity index (χ2n) is 5.14. The quantitative estimate of drug-likeness (QED) is 0.764. The van der Waals surface area contributed by atoms with Crippen LogP contribution < -0.4 is 15.4 Å². The molecule has 5 nitrogen and oxygen atoms in total. The maximum atomic E-state index is 12.0. The van der Waals surface area contributed by atoms with Crippen LogP contribution in [-0.4, -0.2) is 37.8 Å². The zero-order valence-electron chi connectivity index (χ0n) is 11.8. The monoisotopic (exact) mass is 278 g/mol. The van der Waals surface area contributed by atoms with Crippen LogP contribution >= 0.6 is 0 Å². The van der Waals surface area contributed by atoms with Crippen LogP contribution in [0.3, 0.4) is 0 Å². The number of hydrogen-bond acceptors (Lipinski definition) is 4. The van der Waals surface area contributed by atoms with E-state index in [2.05, 4.69) is 10.6 Å². The maximum Gasteiger partial charge on any atom is 0.255 e. The zero-order chi connectivity index (χ0) is 14.4. The Labute approximate surface area is 119 Å². The molecule has 0 aromatic heterocycles. The van der Waals surface area contributed by atoms with Crippen molar-refractivity contribution >= 4 is 5.91 Å². The van der Waals surface area contributed by atoms with Gasteiger partial charge in [0.25, 0.3) is 5.91 Å². The first-order valence-electron chi connectivity index (χ1n) is 7.06. The van der Waals surface area contributed by atoms with Crippen molar-refractivity contribution in [2.75, 3.05) is 26.7 Å². The van der Waals surface area contributed by atoms with Gasteiger partial charge in [0.05, 0.1) is 12.7 Å². The predicted octanol–water partition coefficient (Wildman–Crippen LogP) is 1.52. The zero-order valence-corrected chi connectivity index (χ0v) is 11.8. The molecule has 0 spiro atoms. The molecule has 1 aliphatic rings. The SMILES string of the molecule is COc1ccc(O)c(C(=O)NCCC2CCCNC2)c1. The fraction of sp³-hybridized carbons (Fsp3) is 0.533. The number of ether oxygens (including phenoxy) is 1. The molecule has 1 fully saturated rings. The number of rotatable bonds is 5. The molecule has 0 radical (unpaired) electrons. The van der Waals surface area contributed by atoms with Crippen molar-refractivity contribution in [3.8, 4) is 11.5 Å². The smallest absolute Gasteiger partial charge is 0.255 e. The Balaban J connectivity index is 1.84. The van der Waals surface area contributed by atoms with E-state index in [0.29, 0.717) is 18.2 Å². The van der Waals surface area contributed by atoms with Crippen molar-refractivity contribution in [3.05, 3.63) is 23.8 Å². The minimum atomic E-state index is -0.259. The van der Waals surface area contributed by atoms with E-state index < -0.39 is 0 Å². The van der Waals surface area contributed by atoms with Gasteiger partial charge in [-0.05, 0) is 56.5 Å². The fourth-order valence-electron chi connectivity index (χ4n) is 2.48. The van der Waals surface area contributed by atoms with E-state index in [1.165, 1.54) is 26.0 Å². The molecule has 0 saturated carbocycles. The van der Waals surface area contributed by atoms with E-state index in [-0.39, 0.29) is 17.2 Å². The van der Waals surface area contributed by atoms with Crippen LogP contribution in [-0.2, 0) is 0 Å². The number of carbonyl (C=O) groups is 1. The van der Waals surface area contributed by atoms with Gasteiger partial charge in [0.2, 0.25) is 0 Å². The molecule has 1 heterocycles. The molecule has 1 unspecified atom stereocenters. The van der Waals surface area contributed by atoms with Gasteiger partial charge in [-0.1, -0.05) is 0 Å². The summed E-state index contributed by atoms with van der Waals surface area (Å²) in [5, 5.41) is 15.9. The molecule has 110 valence electrons. The first-order valence-corrected chi connectivity index (χ1v) is 7.06. The van der Waals surface area contributed by atoms with Gasteiger partial charge in [0.15, 0.2) is 0 Å². The number of nitrogens with one attached hydrogen (secondary N) is 2. The Kier molecular flexibility index (Phi) is 5.24. The van der Waals surface area contributed by atoms with Crippen molar-refractivity contribution in [2.45, 2.75) is 19.3 Å². The lowest BCUT2D eigenvalue weighted by Gasteiger charge is -2.22. The van der Waals surface area contributed by atoms with Gasteiger partial charge in [0, 0.05) is 6.54 Å². The van der Waals surface area contributed by atoms with Gasteiger partial charge < -0.3 is 20.5 Å². The highest BCUT2D eigenvalue weighted by molar-refractivity contribution is 5.97. The standard InChI is InChI=1S/C15H22N2O3/c1-20-12-4-5-14(18)13(9-12)15(19)17-8-6-11-3-2-7-16-10-11/h4-5,9,11,16,18H,2-3,6-8,10H2,1H3,(H,17,19). The number of aromatic hydroxyl groups is 1. The Bertz CT molecular complexity index is 456. The minimum Gasteiger partial charge on any atom is -0.507 e. The summed E-state index contributed by atoms with van der Waals surface area (Å²) >= 11 is 0. The third kappa shape index (κ3) is 3.87. The van der Waals surface area contributed by atoms with Crippen LogP contribution in [0.4, 0.5) is 0 Å². The molecular weight excluding hydrogens is 256 g/mol. The van der Waals surface area contributed by atoms with Crippen molar-refractivity contribution in [3.63, 3.8) is 0 Å². The number of hydrogen-bond donors (Lipinski definition) is 3. The lowest BCUT2D eigenvalue weighted by atomic mass is 9.96. The summed E-state index contributed by atoms with van der Waals surface area (Å²) in [4.78, 5) is 12.0. The van der Waals surface area contributed by atoms with Crippen LogP contribution in [0.25, 0.3) is 0 Å². The maximum absolute atomic E-state index is 12.0. The number of methoxy groups -OCH3 is 1. The summed E-state index contributed by atoms with van der Waals surface area (Å²) in [5.74, 6) is 0.903. The number of benzene rings is 1.